The monoisotopic (exact) mass is 600 g/mol. The molecule has 0 aliphatic rings. The summed E-state index contributed by atoms with van der Waals surface area (Å²) in [7, 11) is 7.49. The van der Waals surface area contributed by atoms with Crippen LogP contribution in [0, 0.1) is 0 Å². The van der Waals surface area contributed by atoms with Crippen molar-refractivity contribution in [2.24, 2.45) is 14.1 Å². The summed E-state index contributed by atoms with van der Waals surface area (Å²) in [6.07, 6.45) is 8.38. The van der Waals surface area contributed by atoms with Crippen LogP contribution in [0.3, 0.4) is 0 Å². The average Bonchev–Trinajstić information content (AvgIpc) is 2.66. The molecule has 0 N–H and O–H groups in total. The second-order valence-electron chi connectivity index (χ2n) is 6.51. The first-order valence-electron chi connectivity index (χ1n) is 8.54. The Balaban J connectivity index is 0.00000140. The van der Waals surface area contributed by atoms with Gasteiger partial charge in [0.2, 0.25) is 0 Å². The predicted octanol–water partition coefficient (Wildman–Crippen LogP) is -2.67. The second kappa shape index (κ2) is 9.21. The van der Waals surface area contributed by atoms with Gasteiger partial charge in [-0.3, -0.25) is 0 Å². The van der Waals surface area contributed by atoms with E-state index in [1.54, 1.807) is 14.2 Å². The second-order valence-corrected chi connectivity index (χ2v) is 6.51. The molecular formula is C22H22I2N2O2. The molecule has 0 aliphatic carbocycles. The fourth-order valence-electron chi connectivity index (χ4n) is 3.55. The van der Waals surface area contributed by atoms with Crippen LogP contribution in [0.15, 0.2) is 61.2 Å². The summed E-state index contributed by atoms with van der Waals surface area (Å²) in [6, 6.07) is 12.5. The van der Waals surface area contributed by atoms with Gasteiger partial charge in [-0.15, -0.1) is 0 Å². The van der Waals surface area contributed by atoms with Crippen molar-refractivity contribution >= 4 is 21.5 Å². The number of hydrogen-bond donors (Lipinski definition) is 0. The minimum atomic E-state index is 0. The highest BCUT2D eigenvalue weighted by Gasteiger charge is 2.21. The quantitative estimate of drug-likeness (QED) is 0.190. The maximum Gasteiger partial charge on any atom is 0.177 e. The first kappa shape index (κ1) is 22.6. The topological polar surface area (TPSA) is 26.2 Å². The van der Waals surface area contributed by atoms with E-state index in [1.165, 1.54) is 10.8 Å². The van der Waals surface area contributed by atoms with Gasteiger partial charge < -0.3 is 57.4 Å². The van der Waals surface area contributed by atoms with E-state index in [0.29, 0.717) is 0 Å². The molecule has 0 aliphatic heterocycles. The van der Waals surface area contributed by atoms with Gasteiger partial charge in [-0.25, -0.2) is 9.13 Å². The summed E-state index contributed by atoms with van der Waals surface area (Å²) in [6.45, 7) is 0. The van der Waals surface area contributed by atoms with Crippen LogP contribution in [0.4, 0.5) is 0 Å². The Kier molecular flexibility index (Phi) is 7.44. The number of hydrogen-bond acceptors (Lipinski definition) is 2. The van der Waals surface area contributed by atoms with E-state index >= 15 is 0 Å². The van der Waals surface area contributed by atoms with Crippen LogP contribution in [0.1, 0.15) is 0 Å². The number of ether oxygens (including phenoxy) is 2. The van der Waals surface area contributed by atoms with Crippen molar-refractivity contribution in [1.29, 1.82) is 0 Å². The Bertz CT molecular complexity index is 1060. The van der Waals surface area contributed by atoms with Crippen molar-refractivity contribution in [3.8, 4) is 22.6 Å². The fraction of sp³-hybridized carbons (Fsp3) is 0.182. The number of halogens is 2. The summed E-state index contributed by atoms with van der Waals surface area (Å²) in [5.74, 6) is 1.67. The highest BCUT2D eigenvalue weighted by molar-refractivity contribution is 6.08. The molecule has 28 heavy (non-hydrogen) atoms. The number of nitrogens with zero attached hydrogens (tertiary/aromatic N) is 2. The van der Waals surface area contributed by atoms with Crippen LogP contribution in [-0.2, 0) is 14.1 Å². The molecule has 4 aromatic rings. The van der Waals surface area contributed by atoms with E-state index in [-0.39, 0.29) is 48.0 Å². The van der Waals surface area contributed by atoms with Crippen molar-refractivity contribution in [3.05, 3.63) is 61.2 Å². The SMILES string of the molecule is COc1ccc2cc[n+](C)cc2c1-c1c(OC)ccc2cc[n+](C)cc12.[I-].[I-]. The fourth-order valence-corrected chi connectivity index (χ4v) is 3.55. The minimum Gasteiger partial charge on any atom is -1.00 e. The molecule has 6 heteroatoms. The van der Waals surface area contributed by atoms with Gasteiger partial charge in [0.15, 0.2) is 24.8 Å². The molecule has 2 aromatic carbocycles. The third-order valence-corrected chi connectivity index (χ3v) is 4.82. The van der Waals surface area contributed by atoms with E-state index in [1.807, 2.05) is 26.2 Å². The molecule has 0 saturated heterocycles. The van der Waals surface area contributed by atoms with Gasteiger partial charge >= 0.3 is 0 Å². The van der Waals surface area contributed by atoms with Gasteiger partial charge in [-0.2, -0.15) is 0 Å². The third-order valence-electron chi connectivity index (χ3n) is 4.82. The molecule has 0 atom stereocenters. The molecule has 4 nitrogen and oxygen atoms in total. The van der Waals surface area contributed by atoms with Crippen molar-refractivity contribution in [2.45, 2.75) is 0 Å². The normalized spacial score (nSPS) is 10.3. The number of benzene rings is 2. The van der Waals surface area contributed by atoms with E-state index in [9.17, 15) is 0 Å². The number of methoxy groups -OCH3 is 2. The lowest BCUT2D eigenvalue weighted by Gasteiger charge is -2.16. The zero-order chi connectivity index (χ0) is 18.3. The molecule has 0 amide bonds. The molecule has 0 fully saturated rings. The summed E-state index contributed by atoms with van der Waals surface area (Å²) in [4.78, 5) is 0. The minimum absolute atomic E-state index is 0. The molecule has 0 bridgehead atoms. The molecule has 146 valence electrons. The first-order valence-corrected chi connectivity index (χ1v) is 8.54. The van der Waals surface area contributed by atoms with Crippen LogP contribution < -0.4 is 66.6 Å². The molecule has 0 radical (unpaired) electrons. The summed E-state index contributed by atoms with van der Waals surface area (Å²) in [5, 5.41) is 4.59. The summed E-state index contributed by atoms with van der Waals surface area (Å²) < 4.78 is 15.6. The molecule has 0 spiro atoms. The van der Waals surface area contributed by atoms with Crippen molar-refractivity contribution < 1.29 is 66.6 Å². The summed E-state index contributed by atoms with van der Waals surface area (Å²) in [5.41, 5.74) is 2.10. The Morgan fingerprint density at radius 1 is 0.607 bits per heavy atom. The van der Waals surface area contributed by atoms with Crippen LogP contribution in [0.25, 0.3) is 32.7 Å². The Hall–Kier alpha value is -1.68. The molecular weight excluding hydrogens is 578 g/mol. The Morgan fingerprint density at radius 2 is 1.00 bits per heavy atom. The largest absolute Gasteiger partial charge is 1.00 e. The summed E-state index contributed by atoms with van der Waals surface area (Å²) >= 11 is 0. The predicted molar refractivity (Wildman–Crippen MR) is 102 cm³/mol. The van der Waals surface area contributed by atoms with E-state index in [4.69, 9.17) is 9.47 Å². The number of aryl methyl sites for hydroxylation is 2. The molecule has 2 heterocycles. The smallest absolute Gasteiger partial charge is 0.177 e. The van der Waals surface area contributed by atoms with Crippen LogP contribution >= 0.6 is 0 Å². The van der Waals surface area contributed by atoms with Gasteiger partial charge in [0.05, 0.1) is 25.0 Å². The van der Waals surface area contributed by atoms with Crippen LogP contribution in [0.2, 0.25) is 0 Å². The zero-order valence-corrected chi connectivity index (χ0v) is 20.6. The number of fused-ring (bicyclic) bond motifs is 2. The molecule has 4 rings (SSSR count). The van der Waals surface area contributed by atoms with Gasteiger partial charge in [0, 0.05) is 23.3 Å². The number of pyridine rings is 2. The lowest BCUT2D eigenvalue weighted by molar-refractivity contribution is -0.670. The Labute approximate surface area is 199 Å². The van der Waals surface area contributed by atoms with Gasteiger partial charge in [-0.1, -0.05) is 12.1 Å². The molecule has 0 unspecified atom stereocenters. The van der Waals surface area contributed by atoms with E-state index in [0.717, 1.165) is 33.4 Å². The number of aromatic nitrogens is 2. The maximum absolute atomic E-state index is 5.75. The lowest BCUT2D eigenvalue weighted by atomic mass is 9.93. The van der Waals surface area contributed by atoms with Crippen molar-refractivity contribution in [2.75, 3.05) is 14.2 Å². The zero-order valence-electron chi connectivity index (χ0n) is 16.2. The first-order chi connectivity index (χ1) is 12.6. The third kappa shape index (κ3) is 3.89. The van der Waals surface area contributed by atoms with E-state index in [2.05, 4.69) is 58.2 Å². The standard InChI is InChI=1S/C22H22N2O2.2HI/c1-23-11-9-15-5-7-19(25-3)21(17(15)13-23)22-18-14-24(2)12-10-16(18)6-8-20(22)26-4;;/h5-14H,1-4H3;2*1H/q+2;;/p-2. The van der Waals surface area contributed by atoms with Gasteiger partial charge in [0.25, 0.3) is 0 Å². The highest BCUT2D eigenvalue weighted by Crippen LogP contribution is 2.44. The highest BCUT2D eigenvalue weighted by atomic mass is 127. The molecule has 0 saturated carbocycles. The Morgan fingerprint density at radius 3 is 1.36 bits per heavy atom. The van der Waals surface area contributed by atoms with Gasteiger partial charge in [-0.05, 0) is 22.9 Å². The average molecular weight is 600 g/mol. The van der Waals surface area contributed by atoms with Crippen molar-refractivity contribution in [1.82, 2.24) is 0 Å². The maximum atomic E-state index is 5.75. The van der Waals surface area contributed by atoms with E-state index < -0.39 is 0 Å². The van der Waals surface area contributed by atoms with Crippen LogP contribution in [0.5, 0.6) is 11.5 Å². The van der Waals surface area contributed by atoms with Gasteiger partial charge in [0.1, 0.15) is 25.6 Å². The lowest BCUT2D eigenvalue weighted by Crippen LogP contribution is -3.00. The van der Waals surface area contributed by atoms with Crippen LogP contribution in [-0.4, -0.2) is 14.2 Å². The number of rotatable bonds is 3. The molecule has 2 aromatic heterocycles. The van der Waals surface area contributed by atoms with Crippen molar-refractivity contribution in [3.63, 3.8) is 0 Å².